The summed E-state index contributed by atoms with van der Waals surface area (Å²) in [7, 11) is 1.30. The summed E-state index contributed by atoms with van der Waals surface area (Å²) in [5, 5.41) is 4.51. The number of benzene rings is 1. The number of carbonyl (C=O) groups excluding carboxylic acids is 3. The van der Waals surface area contributed by atoms with Crippen LogP contribution in [0.2, 0.25) is 0 Å². The molecule has 1 saturated heterocycles. The van der Waals surface area contributed by atoms with E-state index < -0.39 is 12.1 Å². The molecule has 0 aliphatic carbocycles. The van der Waals surface area contributed by atoms with Crippen molar-refractivity contribution in [2.75, 3.05) is 43.5 Å². The summed E-state index contributed by atoms with van der Waals surface area (Å²) < 4.78 is 10.8. The molecule has 1 N–H and O–H groups in total. The highest BCUT2D eigenvalue weighted by Gasteiger charge is 2.34. The molecular weight excluding hydrogens is 418 g/mol. The van der Waals surface area contributed by atoms with Gasteiger partial charge in [0.25, 0.3) is 5.91 Å². The van der Waals surface area contributed by atoms with Gasteiger partial charge in [-0.3, -0.25) is 9.59 Å². The maximum absolute atomic E-state index is 13.0. The number of carbonyl (C=O) groups is 3. The molecule has 1 atom stereocenters. The van der Waals surface area contributed by atoms with E-state index >= 15 is 0 Å². The topological polar surface area (TPSA) is 88.2 Å². The number of methoxy groups -OCH3 is 1. The molecule has 4 rings (SSSR count). The molecule has 9 heteroatoms. The number of para-hydroxylation sites is 2. The standard InChI is InChI=1S/C22H25N3O5S/c1-29-22(28)20-15(9-12-31-20)23-19(26)14-25-13-18(21(27)24-10-5-2-6-11-24)30-17-8-4-3-7-16(17)25/h3-4,7-9,12,18H,2,5-6,10-11,13-14H2,1H3,(H,23,26). The highest BCUT2D eigenvalue weighted by atomic mass is 32.1. The zero-order valence-electron chi connectivity index (χ0n) is 17.3. The maximum Gasteiger partial charge on any atom is 0.350 e. The van der Waals surface area contributed by atoms with Gasteiger partial charge in [0.15, 0.2) is 6.10 Å². The average molecular weight is 444 g/mol. The molecule has 0 bridgehead atoms. The van der Waals surface area contributed by atoms with Crippen molar-refractivity contribution in [3.05, 3.63) is 40.6 Å². The van der Waals surface area contributed by atoms with Crippen LogP contribution < -0.4 is 15.0 Å². The van der Waals surface area contributed by atoms with Crippen molar-refractivity contribution in [1.29, 1.82) is 0 Å². The fourth-order valence-electron chi connectivity index (χ4n) is 3.92. The number of anilines is 2. The molecule has 164 valence electrons. The summed E-state index contributed by atoms with van der Waals surface area (Å²) in [6.45, 7) is 1.80. The fraction of sp³-hybridized carbons (Fsp3) is 0.409. The molecule has 1 aromatic heterocycles. The van der Waals surface area contributed by atoms with Crippen molar-refractivity contribution in [3.8, 4) is 5.75 Å². The Labute approximate surface area is 184 Å². The summed E-state index contributed by atoms with van der Waals surface area (Å²) in [5.74, 6) is -0.230. The van der Waals surface area contributed by atoms with Crippen molar-refractivity contribution >= 4 is 40.5 Å². The Hall–Kier alpha value is -3.07. The summed E-state index contributed by atoms with van der Waals surface area (Å²) in [6, 6.07) is 9.07. The van der Waals surface area contributed by atoms with Crippen molar-refractivity contribution in [2.24, 2.45) is 0 Å². The lowest BCUT2D eigenvalue weighted by atomic mass is 10.1. The minimum Gasteiger partial charge on any atom is -0.477 e. The molecule has 2 aromatic rings. The quantitative estimate of drug-likeness (QED) is 0.715. The third-order valence-corrected chi connectivity index (χ3v) is 6.34. The zero-order chi connectivity index (χ0) is 21.8. The monoisotopic (exact) mass is 443 g/mol. The third-order valence-electron chi connectivity index (χ3n) is 5.45. The van der Waals surface area contributed by atoms with Gasteiger partial charge in [-0.25, -0.2) is 4.79 Å². The number of hydrogen-bond donors (Lipinski definition) is 1. The zero-order valence-corrected chi connectivity index (χ0v) is 18.2. The normalized spacial score (nSPS) is 18.0. The first-order valence-corrected chi connectivity index (χ1v) is 11.2. The predicted molar refractivity (Wildman–Crippen MR) is 118 cm³/mol. The molecule has 2 aliphatic rings. The lowest BCUT2D eigenvalue weighted by Gasteiger charge is -2.38. The Morgan fingerprint density at radius 2 is 1.94 bits per heavy atom. The number of hydrogen-bond acceptors (Lipinski definition) is 7. The number of piperidine rings is 1. The number of fused-ring (bicyclic) bond motifs is 1. The minimum absolute atomic E-state index is 0.0284. The second-order valence-electron chi connectivity index (χ2n) is 7.54. The molecule has 2 aliphatic heterocycles. The summed E-state index contributed by atoms with van der Waals surface area (Å²) in [5.41, 5.74) is 1.18. The first kappa shape index (κ1) is 21.2. The molecular formula is C22H25N3O5S. The Kier molecular flexibility index (Phi) is 6.41. The highest BCUT2D eigenvalue weighted by Crippen LogP contribution is 2.33. The van der Waals surface area contributed by atoms with Gasteiger partial charge < -0.3 is 24.6 Å². The van der Waals surface area contributed by atoms with Crippen LogP contribution in [-0.4, -0.2) is 62.1 Å². The molecule has 2 amide bonds. The Balaban J connectivity index is 1.48. The van der Waals surface area contributed by atoms with E-state index in [1.54, 1.807) is 11.4 Å². The molecule has 8 nitrogen and oxygen atoms in total. The van der Waals surface area contributed by atoms with Gasteiger partial charge >= 0.3 is 5.97 Å². The number of nitrogens with zero attached hydrogens (tertiary/aromatic N) is 2. The lowest BCUT2D eigenvalue weighted by molar-refractivity contribution is -0.139. The van der Waals surface area contributed by atoms with Gasteiger partial charge in [0.05, 0.1) is 31.6 Å². The van der Waals surface area contributed by atoms with E-state index in [4.69, 9.17) is 9.47 Å². The van der Waals surface area contributed by atoms with E-state index in [2.05, 4.69) is 5.32 Å². The van der Waals surface area contributed by atoms with E-state index in [9.17, 15) is 14.4 Å². The van der Waals surface area contributed by atoms with Gasteiger partial charge in [-0.2, -0.15) is 0 Å². The van der Waals surface area contributed by atoms with Crippen LogP contribution in [0, 0.1) is 0 Å². The van der Waals surface area contributed by atoms with Crippen molar-refractivity contribution in [2.45, 2.75) is 25.4 Å². The number of nitrogens with one attached hydrogen (secondary N) is 1. The smallest absolute Gasteiger partial charge is 0.350 e. The molecule has 0 saturated carbocycles. The third kappa shape index (κ3) is 4.66. The van der Waals surface area contributed by atoms with Crippen LogP contribution >= 0.6 is 11.3 Å². The number of thiophene rings is 1. The second kappa shape index (κ2) is 9.38. The lowest BCUT2D eigenvalue weighted by Crippen LogP contribution is -2.52. The van der Waals surface area contributed by atoms with Crippen LogP contribution in [0.15, 0.2) is 35.7 Å². The SMILES string of the molecule is COC(=O)c1sccc1NC(=O)CN1CC(C(=O)N2CCCCC2)Oc2ccccc21. The Morgan fingerprint density at radius 1 is 1.16 bits per heavy atom. The highest BCUT2D eigenvalue weighted by molar-refractivity contribution is 7.12. The fourth-order valence-corrected chi connectivity index (χ4v) is 4.69. The van der Waals surface area contributed by atoms with Crippen LogP contribution in [0.3, 0.4) is 0 Å². The van der Waals surface area contributed by atoms with Crippen LogP contribution in [0.5, 0.6) is 5.75 Å². The van der Waals surface area contributed by atoms with Gasteiger partial charge in [-0.15, -0.1) is 11.3 Å². The van der Waals surface area contributed by atoms with Gasteiger partial charge in [-0.05, 0) is 42.8 Å². The molecule has 3 heterocycles. The molecule has 1 fully saturated rings. The molecule has 1 aromatic carbocycles. The van der Waals surface area contributed by atoms with E-state index in [0.29, 0.717) is 16.3 Å². The summed E-state index contributed by atoms with van der Waals surface area (Å²) >= 11 is 1.21. The van der Waals surface area contributed by atoms with Crippen LogP contribution in [0.25, 0.3) is 0 Å². The summed E-state index contributed by atoms with van der Waals surface area (Å²) in [4.78, 5) is 41.7. The minimum atomic E-state index is -0.660. The van der Waals surface area contributed by atoms with E-state index in [-0.39, 0.29) is 24.9 Å². The van der Waals surface area contributed by atoms with Gasteiger partial charge in [0.2, 0.25) is 5.91 Å². The van der Waals surface area contributed by atoms with Crippen LogP contribution in [-0.2, 0) is 14.3 Å². The largest absolute Gasteiger partial charge is 0.477 e. The number of likely N-dealkylation sites (tertiary alicyclic amines) is 1. The van der Waals surface area contributed by atoms with E-state index in [1.165, 1.54) is 18.4 Å². The van der Waals surface area contributed by atoms with Crippen molar-refractivity contribution in [3.63, 3.8) is 0 Å². The predicted octanol–water partition coefficient (Wildman–Crippen LogP) is 2.75. The number of ether oxygens (including phenoxy) is 2. The second-order valence-corrected chi connectivity index (χ2v) is 8.46. The van der Waals surface area contributed by atoms with Gasteiger partial charge in [0, 0.05) is 13.1 Å². The Morgan fingerprint density at radius 3 is 2.71 bits per heavy atom. The molecule has 0 radical (unpaired) electrons. The van der Waals surface area contributed by atoms with Crippen LogP contribution in [0.1, 0.15) is 28.9 Å². The first-order chi connectivity index (χ1) is 15.1. The van der Waals surface area contributed by atoms with E-state index in [0.717, 1.165) is 38.0 Å². The van der Waals surface area contributed by atoms with E-state index in [1.807, 2.05) is 34.1 Å². The number of rotatable bonds is 5. The van der Waals surface area contributed by atoms with Crippen LogP contribution in [0.4, 0.5) is 11.4 Å². The number of esters is 1. The summed E-state index contributed by atoms with van der Waals surface area (Å²) in [6.07, 6.45) is 2.49. The molecule has 0 spiro atoms. The maximum atomic E-state index is 13.0. The molecule has 31 heavy (non-hydrogen) atoms. The first-order valence-electron chi connectivity index (χ1n) is 10.3. The Bertz CT molecular complexity index is 970. The molecule has 1 unspecified atom stereocenters. The average Bonchev–Trinajstić information content (AvgIpc) is 3.26. The van der Waals surface area contributed by atoms with Crippen molar-refractivity contribution < 1.29 is 23.9 Å². The number of amides is 2. The van der Waals surface area contributed by atoms with Gasteiger partial charge in [-0.1, -0.05) is 12.1 Å². The van der Waals surface area contributed by atoms with Crippen molar-refractivity contribution in [1.82, 2.24) is 4.90 Å². The van der Waals surface area contributed by atoms with Gasteiger partial charge in [0.1, 0.15) is 10.6 Å².